The van der Waals surface area contributed by atoms with Crippen LogP contribution in [0.15, 0.2) is 34.9 Å². The second-order valence-electron chi connectivity index (χ2n) is 3.84. The van der Waals surface area contributed by atoms with Gasteiger partial charge in [-0.05, 0) is 43.7 Å². The predicted molar refractivity (Wildman–Crippen MR) is 69.5 cm³/mol. The van der Waals surface area contributed by atoms with Crippen LogP contribution in [-0.4, -0.2) is 10.2 Å². The zero-order valence-electron chi connectivity index (χ0n) is 9.29. The quantitative estimate of drug-likeness (QED) is 0.900. The van der Waals surface area contributed by atoms with Crippen molar-refractivity contribution >= 4 is 21.6 Å². The third-order valence-electron chi connectivity index (χ3n) is 2.55. The first-order valence-electron chi connectivity index (χ1n) is 5.19. The highest BCUT2D eigenvalue weighted by Crippen LogP contribution is 2.23. The molecule has 0 spiro atoms. The summed E-state index contributed by atoms with van der Waals surface area (Å²) in [6, 6.07) is 8.41. The van der Waals surface area contributed by atoms with E-state index >= 15 is 0 Å². The van der Waals surface area contributed by atoms with Gasteiger partial charge in [0.25, 0.3) is 0 Å². The van der Waals surface area contributed by atoms with Crippen LogP contribution in [0.5, 0.6) is 0 Å². The maximum Gasteiger partial charge on any atom is 0.0651 e. The lowest BCUT2D eigenvalue weighted by molar-refractivity contribution is 0.824. The minimum atomic E-state index is 0.224. The Morgan fingerprint density at radius 2 is 2.19 bits per heavy atom. The van der Waals surface area contributed by atoms with Crippen molar-refractivity contribution in [3.05, 3.63) is 46.2 Å². The van der Waals surface area contributed by atoms with E-state index in [1.54, 1.807) is 6.20 Å². The Morgan fingerprint density at radius 3 is 2.81 bits per heavy atom. The highest BCUT2D eigenvalue weighted by Gasteiger charge is 2.07. The maximum atomic E-state index is 3.95. The molecule has 1 atom stereocenters. The fourth-order valence-electron chi connectivity index (χ4n) is 1.61. The molecular formula is C12H14BrN3. The van der Waals surface area contributed by atoms with Crippen LogP contribution in [0.25, 0.3) is 0 Å². The van der Waals surface area contributed by atoms with Crippen LogP contribution in [0.2, 0.25) is 0 Å². The number of nitrogens with one attached hydrogen (secondary N) is 2. The molecule has 0 aliphatic heterocycles. The van der Waals surface area contributed by atoms with Crippen LogP contribution >= 0.6 is 15.9 Å². The molecule has 1 aromatic heterocycles. The predicted octanol–water partition coefficient (Wildman–Crippen LogP) is 3.65. The van der Waals surface area contributed by atoms with Crippen molar-refractivity contribution in [1.29, 1.82) is 0 Å². The number of hydrogen-bond donors (Lipinski definition) is 2. The zero-order chi connectivity index (χ0) is 11.5. The molecule has 0 bridgehead atoms. The fourth-order valence-corrected chi connectivity index (χ4v) is 2.08. The average molecular weight is 280 g/mol. The Labute approximate surface area is 103 Å². The Morgan fingerprint density at radius 1 is 1.38 bits per heavy atom. The molecule has 4 heteroatoms. The van der Waals surface area contributed by atoms with Crippen LogP contribution < -0.4 is 5.32 Å². The third kappa shape index (κ3) is 2.44. The Kier molecular flexibility index (Phi) is 3.29. The number of aromatic amines is 1. The van der Waals surface area contributed by atoms with E-state index in [-0.39, 0.29) is 6.04 Å². The molecule has 0 aliphatic carbocycles. The lowest BCUT2D eigenvalue weighted by atomic mass is 10.1. The van der Waals surface area contributed by atoms with E-state index in [4.69, 9.17) is 0 Å². The van der Waals surface area contributed by atoms with Crippen molar-refractivity contribution in [3.63, 3.8) is 0 Å². The molecule has 0 saturated heterocycles. The van der Waals surface area contributed by atoms with E-state index in [1.807, 2.05) is 12.1 Å². The van der Waals surface area contributed by atoms with Crippen molar-refractivity contribution in [2.45, 2.75) is 19.9 Å². The Bertz CT molecular complexity index is 465. The number of hydrogen-bond acceptors (Lipinski definition) is 2. The molecule has 2 rings (SSSR count). The molecular weight excluding hydrogens is 266 g/mol. The van der Waals surface area contributed by atoms with Gasteiger partial charge in [-0.1, -0.05) is 15.9 Å². The summed E-state index contributed by atoms with van der Waals surface area (Å²) in [5.74, 6) is 0. The molecule has 16 heavy (non-hydrogen) atoms. The number of aromatic nitrogens is 2. The lowest BCUT2D eigenvalue weighted by Crippen LogP contribution is -2.08. The van der Waals surface area contributed by atoms with Gasteiger partial charge in [0, 0.05) is 16.4 Å². The van der Waals surface area contributed by atoms with Crippen LogP contribution in [0.4, 0.5) is 5.69 Å². The second kappa shape index (κ2) is 4.70. The van der Waals surface area contributed by atoms with Gasteiger partial charge >= 0.3 is 0 Å². The first-order valence-corrected chi connectivity index (χ1v) is 5.98. The van der Waals surface area contributed by atoms with Crippen LogP contribution in [0.3, 0.4) is 0 Å². The van der Waals surface area contributed by atoms with E-state index in [2.05, 4.69) is 57.4 Å². The number of aryl methyl sites for hydroxylation is 1. The highest BCUT2D eigenvalue weighted by atomic mass is 79.9. The molecule has 0 aliphatic rings. The van der Waals surface area contributed by atoms with Crippen molar-refractivity contribution in [2.75, 3.05) is 5.32 Å². The Balaban J connectivity index is 2.15. The molecule has 2 N–H and O–H groups in total. The maximum absolute atomic E-state index is 3.95. The lowest BCUT2D eigenvalue weighted by Gasteiger charge is -2.15. The molecule has 3 nitrogen and oxygen atoms in total. The standard InChI is InChI=1S/C12H14BrN3/c1-8-7-10(13)3-4-11(8)15-9(2)12-5-6-14-16-12/h3-7,9,15H,1-2H3,(H,14,16). The summed E-state index contributed by atoms with van der Waals surface area (Å²) in [6.07, 6.45) is 1.77. The summed E-state index contributed by atoms with van der Waals surface area (Å²) in [6.45, 7) is 4.20. The Hall–Kier alpha value is -1.29. The van der Waals surface area contributed by atoms with Crippen LogP contribution in [0.1, 0.15) is 24.2 Å². The van der Waals surface area contributed by atoms with Gasteiger partial charge in [-0.15, -0.1) is 0 Å². The van der Waals surface area contributed by atoms with Gasteiger partial charge in [0.15, 0.2) is 0 Å². The SMILES string of the molecule is Cc1cc(Br)ccc1NC(C)c1ccn[nH]1. The minimum Gasteiger partial charge on any atom is -0.377 e. The first kappa shape index (κ1) is 11.2. The van der Waals surface area contributed by atoms with Crippen molar-refractivity contribution in [1.82, 2.24) is 10.2 Å². The first-order chi connectivity index (χ1) is 7.66. The smallest absolute Gasteiger partial charge is 0.0651 e. The number of benzene rings is 1. The fraction of sp³-hybridized carbons (Fsp3) is 0.250. The molecule has 84 valence electrons. The summed E-state index contributed by atoms with van der Waals surface area (Å²) in [5, 5.41) is 10.4. The van der Waals surface area contributed by atoms with Gasteiger partial charge in [0.1, 0.15) is 0 Å². The largest absolute Gasteiger partial charge is 0.377 e. The molecule has 1 aromatic carbocycles. The van der Waals surface area contributed by atoms with E-state index < -0.39 is 0 Å². The van der Waals surface area contributed by atoms with E-state index in [0.717, 1.165) is 15.9 Å². The van der Waals surface area contributed by atoms with Gasteiger partial charge in [-0.25, -0.2) is 0 Å². The van der Waals surface area contributed by atoms with E-state index in [0.29, 0.717) is 0 Å². The molecule has 0 fully saturated rings. The third-order valence-corrected chi connectivity index (χ3v) is 3.04. The number of nitrogens with zero attached hydrogens (tertiary/aromatic N) is 1. The molecule has 1 unspecified atom stereocenters. The van der Waals surface area contributed by atoms with Crippen LogP contribution in [0, 0.1) is 6.92 Å². The van der Waals surface area contributed by atoms with Crippen molar-refractivity contribution in [3.8, 4) is 0 Å². The summed E-state index contributed by atoms with van der Waals surface area (Å²) in [5.41, 5.74) is 3.45. The van der Waals surface area contributed by atoms with Gasteiger partial charge in [-0.2, -0.15) is 5.10 Å². The summed E-state index contributed by atoms with van der Waals surface area (Å²) in [4.78, 5) is 0. The molecule has 0 amide bonds. The monoisotopic (exact) mass is 279 g/mol. The van der Waals surface area contributed by atoms with Gasteiger partial charge in [0.05, 0.1) is 11.7 Å². The molecule has 1 heterocycles. The van der Waals surface area contributed by atoms with Gasteiger partial charge in [-0.3, -0.25) is 5.10 Å². The summed E-state index contributed by atoms with van der Waals surface area (Å²) in [7, 11) is 0. The zero-order valence-corrected chi connectivity index (χ0v) is 10.9. The average Bonchev–Trinajstić information content (AvgIpc) is 2.75. The normalized spacial score (nSPS) is 12.4. The van der Waals surface area contributed by atoms with E-state index in [9.17, 15) is 0 Å². The number of anilines is 1. The number of rotatable bonds is 3. The minimum absolute atomic E-state index is 0.224. The molecule has 0 saturated carbocycles. The van der Waals surface area contributed by atoms with Gasteiger partial charge in [0.2, 0.25) is 0 Å². The van der Waals surface area contributed by atoms with Crippen molar-refractivity contribution in [2.24, 2.45) is 0 Å². The van der Waals surface area contributed by atoms with Crippen molar-refractivity contribution < 1.29 is 0 Å². The number of halogens is 1. The summed E-state index contributed by atoms with van der Waals surface area (Å²) >= 11 is 3.46. The number of H-pyrrole nitrogens is 1. The second-order valence-corrected chi connectivity index (χ2v) is 4.75. The van der Waals surface area contributed by atoms with Crippen LogP contribution in [-0.2, 0) is 0 Å². The van der Waals surface area contributed by atoms with Gasteiger partial charge < -0.3 is 5.32 Å². The molecule has 2 aromatic rings. The van der Waals surface area contributed by atoms with E-state index in [1.165, 1.54) is 5.56 Å². The molecule has 0 radical (unpaired) electrons. The summed E-state index contributed by atoms with van der Waals surface area (Å²) < 4.78 is 1.10. The highest BCUT2D eigenvalue weighted by molar-refractivity contribution is 9.10. The topological polar surface area (TPSA) is 40.7 Å².